The third-order valence-electron chi connectivity index (χ3n) is 5.59. The van der Waals surface area contributed by atoms with Crippen LogP contribution in [0.15, 0.2) is 91.0 Å². The second-order valence-electron chi connectivity index (χ2n) is 9.48. The zero-order chi connectivity index (χ0) is 27.1. The third-order valence-corrected chi connectivity index (χ3v) is 9.89. The summed E-state index contributed by atoms with van der Waals surface area (Å²) in [6, 6.07) is 27.6. The van der Waals surface area contributed by atoms with E-state index >= 15 is 0 Å². The molecular formula is C30H34NO5P. The van der Waals surface area contributed by atoms with E-state index in [0.29, 0.717) is 0 Å². The van der Waals surface area contributed by atoms with Gasteiger partial charge in [0, 0.05) is 0 Å². The molecule has 0 spiro atoms. The Labute approximate surface area is 219 Å². The number of Topliss-reactive ketones (excluding diaryl/α,β-unsaturated/α-hetero) is 1. The molecule has 7 heteroatoms. The lowest BCUT2D eigenvalue weighted by atomic mass is 10.1. The smallest absolute Gasteiger partial charge is 0.408 e. The molecule has 0 aliphatic heterocycles. The van der Waals surface area contributed by atoms with Gasteiger partial charge in [-0.2, -0.15) is 0 Å². The van der Waals surface area contributed by atoms with E-state index < -0.39 is 36.4 Å². The maximum Gasteiger partial charge on any atom is 0.408 e. The first-order chi connectivity index (χ1) is 17.6. The number of hydrogen-bond donors (Lipinski definition) is 1. The van der Waals surface area contributed by atoms with Crippen molar-refractivity contribution in [2.24, 2.45) is 0 Å². The van der Waals surface area contributed by atoms with Crippen LogP contribution in [-0.4, -0.2) is 41.4 Å². The van der Waals surface area contributed by atoms with E-state index in [1.807, 2.05) is 91.0 Å². The van der Waals surface area contributed by atoms with E-state index in [-0.39, 0.29) is 11.9 Å². The van der Waals surface area contributed by atoms with Crippen molar-refractivity contribution in [3.8, 4) is 0 Å². The topological polar surface area (TPSA) is 81.7 Å². The van der Waals surface area contributed by atoms with Crippen molar-refractivity contribution < 1.29 is 23.9 Å². The molecule has 0 bridgehead atoms. The molecule has 194 valence electrons. The highest BCUT2D eigenvalue weighted by Gasteiger charge is 2.39. The van der Waals surface area contributed by atoms with Gasteiger partial charge in [0.25, 0.3) is 0 Å². The number of hydrogen-bond acceptors (Lipinski definition) is 5. The second kappa shape index (κ2) is 12.1. The zero-order valence-corrected chi connectivity index (χ0v) is 22.8. The Kier molecular flexibility index (Phi) is 9.12. The maximum atomic E-state index is 14.2. The highest BCUT2D eigenvalue weighted by molar-refractivity contribution is 7.97. The van der Waals surface area contributed by atoms with E-state index in [2.05, 4.69) is 5.32 Å². The van der Waals surface area contributed by atoms with Gasteiger partial charge in [0.1, 0.15) is 10.9 Å². The lowest BCUT2D eigenvalue weighted by Gasteiger charge is -2.32. The first-order valence-electron chi connectivity index (χ1n) is 12.3. The largest absolute Gasteiger partial charge is 0.462 e. The van der Waals surface area contributed by atoms with Crippen LogP contribution in [-0.2, 0) is 19.1 Å². The first kappa shape index (κ1) is 27.9. The Morgan fingerprint density at radius 3 is 1.54 bits per heavy atom. The molecule has 0 aliphatic rings. The Morgan fingerprint density at radius 2 is 1.19 bits per heavy atom. The molecule has 37 heavy (non-hydrogen) atoms. The van der Waals surface area contributed by atoms with Crippen LogP contribution in [0.2, 0.25) is 0 Å². The van der Waals surface area contributed by atoms with Crippen molar-refractivity contribution in [3.63, 3.8) is 0 Å². The molecular weight excluding hydrogens is 485 g/mol. The zero-order valence-electron chi connectivity index (χ0n) is 21.9. The summed E-state index contributed by atoms with van der Waals surface area (Å²) in [6.07, 6.45) is -0.736. The molecule has 0 saturated carbocycles. The molecule has 3 aromatic rings. The van der Waals surface area contributed by atoms with Crippen LogP contribution in [0.25, 0.3) is 0 Å². The van der Waals surface area contributed by atoms with Crippen molar-refractivity contribution in [2.45, 2.75) is 46.3 Å². The minimum absolute atomic E-state index is 0.0153. The molecule has 0 aliphatic carbocycles. The number of carbonyl (C=O) groups excluding carboxylic acids is 3. The van der Waals surface area contributed by atoms with Crippen LogP contribution < -0.4 is 21.2 Å². The maximum absolute atomic E-state index is 14.2. The van der Waals surface area contributed by atoms with Crippen LogP contribution in [0.1, 0.15) is 34.6 Å². The van der Waals surface area contributed by atoms with Crippen LogP contribution in [0, 0.1) is 0 Å². The Balaban J connectivity index is 2.42. The summed E-state index contributed by atoms with van der Waals surface area (Å²) in [4.78, 5) is 40.6. The minimum atomic E-state index is -3.04. The molecule has 1 amide bonds. The van der Waals surface area contributed by atoms with E-state index in [4.69, 9.17) is 9.47 Å². The van der Waals surface area contributed by atoms with Gasteiger partial charge in [-0.1, -0.05) is 91.0 Å². The second-order valence-corrected chi connectivity index (χ2v) is 12.8. The van der Waals surface area contributed by atoms with Crippen molar-refractivity contribution in [1.82, 2.24) is 5.32 Å². The van der Waals surface area contributed by atoms with Gasteiger partial charge in [-0.15, -0.1) is 0 Å². The van der Waals surface area contributed by atoms with E-state index in [1.54, 1.807) is 34.6 Å². The molecule has 0 unspecified atom stereocenters. The average Bonchev–Trinajstić information content (AvgIpc) is 2.87. The van der Waals surface area contributed by atoms with Crippen LogP contribution >= 0.6 is 6.89 Å². The molecule has 3 aromatic carbocycles. The quantitative estimate of drug-likeness (QED) is 0.274. The standard InChI is InChI=1S/C30H34NO5P/c1-6-35-28(33)27(26(32)22(2)31-29(34)36-30(3,4)5)37(23-16-10-7-11-17-23,24-18-12-8-13-19-24)25-20-14-9-15-21-25/h7-22H,6H2,1-5H3,(H,31,34)/t22-/m0/s1. The van der Waals surface area contributed by atoms with E-state index in [9.17, 15) is 14.4 Å². The van der Waals surface area contributed by atoms with Crippen molar-refractivity contribution in [3.05, 3.63) is 91.0 Å². The van der Waals surface area contributed by atoms with Gasteiger partial charge in [-0.3, -0.25) is 4.79 Å². The van der Waals surface area contributed by atoms with Crippen molar-refractivity contribution in [2.75, 3.05) is 6.61 Å². The monoisotopic (exact) mass is 519 g/mol. The van der Waals surface area contributed by atoms with Crippen LogP contribution in [0.5, 0.6) is 0 Å². The lowest BCUT2D eigenvalue weighted by molar-refractivity contribution is -0.135. The first-order valence-corrected chi connectivity index (χ1v) is 14.0. The fraction of sp³-hybridized carbons (Fsp3) is 0.267. The summed E-state index contributed by atoms with van der Waals surface area (Å²) in [6.45, 7) is 5.54. The number of ether oxygens (including phenoxy) is 2. The van der Waals surface area contributed by atoms with Crippen LogP contribution in [0.4, 0.5) is 4.79 Å². The Hall–Kier alpha value is -3.63. The number of benzene rings is 3. The number of alkyl carbamates (subject to hydrolysis) is 1. The van der Waals surface area contributed by atoms with Gasteiger partial charge in [-0.25, -0.2) is 9.59 Å². The number of nitrogens with one attached hydrogen (secondary N) is 1. The molecule has 3 rings (SSSR count). The Morgan fingerprint density at radius 1 is 0.784 bits per heavy atom. The third kappa shape index (κ3) is 6.39. The molecule has 0 fully saturated rings. The van der Waals surface area contributed by atoms with Gasteiger partial charge in [0.05, 0.1) is 12.6 Å². The number of esters is 1. The SMILES string of the molecule is CCOC(=O)C(C(=O)[C@H](C)NC(=O)OC(C)(C)C)=P(c1ccccc1)(c1ccccc1)c1ccccc1. The fourth-order valence-corrected chi connectivity index (χ4v) is 8.54. The van der Waals surface area contributed by atoms with Gasteiger partial charge >= 0.3 is 12.1 Å². The van der Waals surface area contributed by atoms with Gasteiger partial charge in [0.15, 0.2) is 5.78 Å². The van der Waals surface area contributed by atoms with Crippen molar-refractivity contribution >= 4 is 45.9 Å². The lowest BCUT2D eigenvalue weighted by Crippen LogP contribution is -2.48. The molecule has 0 heterocycles. The summed E-state index contributed by atoms with van der Waals surface area (Å²) in [5.74, 6) is -1.22. The fourth-order valence-electron chi connectivity index (χ4n) is 4.15. The summed E-state index contributed by atoms with van der Waals surface area (Å²) < 4.78 is 10.9. The summed E-state index contributed by atoms with van der Waals surface area (Å²) >= 11 is 0. The number of rotatable bonds is 8. The average molecular weight is 520 g/mol. The summed E-state index contributed by atoms with van der Waals surface area (Å²) in [5.41, 5.74) is -0.741. The highest BCUT2D eigenvalue weighted by atomic mass is 31.2. The van der Waals surface area contributed by atoms with E-state index in [0.717, 1.165) is 15.9 Å². The predicted molar refractivity (Wildman–Crippen MR) is 151 cm³/mol. The van der Waals surface area contributed by atoms with Gasteiger partial charge in [0.2, 0.25) is 0 Å². The van der Waals surface area contributed by atoms with Crippen molar-refractivity contribution in [1.29, 1.82) is 0 Å². The summed E-state index contributed by atoms with van der Waals surface area (Å²) in [7, 11) is 0. The van der Waals surface area contributed by atoms with Gasteiger partial charge in [-0.05, 0) is 57.4 Å². The molecule has 6 nitrogen and oxygen atoms in total. The number of amides is 1. The normalized spacial score (nSPS) is 12.2. The molecule has 1 N–H and O–H groups in total. The highest BCUT2D eigenvalue weighted by Crippen LogP contribution is 2.46. The Bertz CT molecular complexity index is 1180. The summed E-state index contributed by atoms with van der Waals surface area (Å²) in [5, 5.41) is 5.12. The van der Waals surface area contributed by atoms with Crippen LogP contribution in [0.3, 0.4) is 0 Å². The van der Waals surface area contributed by atoms with E-state index in [1.165, 1.54) is 0 Å². The van der Waals surface area contributed by atoms with Gasteiger partial charge < -0.3 is 14.8 Å². The predicted octanol–water partition coefficient (Wildman–Crippen LogP) is 4.20. The number of carbonyl (C=O) groups is 3. The molecule has 0 saturated heterocycles. The molecule has 0 aromatic heterocycles. The molecule has 0 radical (unpaired) electrons. The molecule has 1 atom stereocenters. The number of ketones is 1. The minimum Gasteiger partial charge on any atom is -0.462 e.